The number of thiocarbonyl (C=S) groups is 2. The SMILES string of the molecule is C.CC(C)(C)OC(=O)Nc1ccc2c(c1)Cc1cc(N)ccc1-2.CC(C)(C)OC(=O)Nc1ccc2c(c1)Cc1cc(NC(N)=S)ccc1-2.ClCCl.NC(=S)Nc1ccc2c(c1)Cc1cc(N)ccc1-2.Nc1ccc2c(c1)Cc1cc(N)ccc1-2. The molecule has 84 heavy (non-hydrogen) atoms. The number of carbonyl (C=O) groups excluding carboxylic acids is 2. The molecular formula is C66H72Cl2N10O4S2. The molecule has 0 aliphatic heterocycles. The minimum absolute atomic E-state index is 0. The van der Waals surface area contributed by atoms with E-state index in [0.29, 0.717) is 0 Å². The maximum absolute atomic E-state index is 11.9. The molecule has 0 bridgehead atoms. The molecule has 436 valence electrons. The maximum Gasteiger partial charge on any atom is 0.412 e. The van der Waals surface area contributed by atoms with Crippen LogP contribution in [0.1, 0.15) is 93.5 Å². The predicted octanol–water partition coefficient (Wildman–Crippen LogP) is 15.4. The van der Waals surface area contributed by atoms with Crippen LogP contribution in [-0.2, 0) is 35.2 Å². The second kappa shape index (κ2) is 26.8. The number of carbonyl (C=O) groups is 2. The number of hydrogen-bond donors (Lipinski definition) is 10. The summed E-state index contributed by atoms with van der Waals surface area (Å²) in [6.45, 7) is 11.0. The van der Waals surface area contributed by atoms with Crippen molar-refractivity contribution in [1.29, 1.82) is 0 Å². The van der Waals surface area contributed by atoms with Crippen LogP contribution < -0.4 is 55.7 Å². The Morgan fingerprint density at radius 3 is 0.786 bits per heavy atom. The molecule has 0 atom stereocenters. The number of amides is 2. The van der Waals surface area contributed by atoms with Crippen molar-refractivity contribution in [2.75, 3.05) is 49.5 Å². The minimum Gasteiger partial charge on any atom is -0.444 e. The van der Waals surface area contributed by atoms with E-state index in [4.69, 9.17) is 91.5 Å². The molecule has 0 unspecified atom stereocenters. The number of ether oxygens (including phenoxy) is 2. The molecule has 12 rings (SSSR count). The number of anilines is 8. The molecule has 0 spiro atoms. The van der Waals surface area contributed by atoms with Crippen molar-refractivity contribution in [3.8, 4) is 44.5 Å². The number of nitrogens with two attached hydrogens (primary N) is 6. The van der Waals surface area contributed by atoms with Gasteiger partial charge in [0.2, 0.25) is 0 Å². The first-order valence-electron chi connectivity index (χ1n) is 26.6. The zero-order valence-electron chi connectivity index (χ0n) is 47.1. The van der Waals surface area contributed by atoms with Gasteiger partial charge >= 0.3 is 12.2 Å². The van der Waals surface area contributed by atoms with Crippen LogP contribution in [-0.4, -0.2) is 39.0 Å². The second-order valence-corrected chi connectivity index (χ2v) is 23.9. The molecular weight excluding hydrogens is 1130 g/mol. The molecule has 2 amide bonds. The quantitative estimate of drug-likeness (QED) is 0.0447. The van der Waals surface area contributed by atoms with Crippen LogP contribution in [0.5, 0.6) is 0 Å². The molecule has 14 nitrogen and oxygen atoms in total. The van der Waals surface area contributed by atoms with E-state index in [9.17, 15) is 9.59 Å². The summed E-state index contributed by atoms with van der Waals surface area (Å²) in [5.41, 5.74) is 59.5. The summed E-state index contributed by atoms with van der Waals surface area (Å²) in [6, 6.07) is 48.3. The fraction of sp³-hybridized carbons (Fsp3) is 0.212. The first-order valence-corrected chi connectivity index (χ1v) is 28.5. The third-order valence-electron chi connectivity index (χ3n) is 13.4. The van der Waals surface area contributed by atoms with E-state index >= 15 is 0 Å². The van der Waals surface area contributed by atoms with Gasteiger partial charge in [0.05, 0.1) is 5.34 Å². The van der Waals surface area contributed by atoms with Gasteiger partial charge in [0.1, 0.15) is 11.2 Å². The first-order chi connectivity index (χ1) is 39.3. The lowest BCUT2D eigenvalue weighted by Crippen LogP contribution is -2.27. The highest BCUT2D eigenvalue weighted by Gasteiger charge is 2.24. The zero-order chi connectivity index (χ0) is 59.9. The number of halogens is 2. The normalized spacial score (nSPS) is 11.8. The molecule has 0 aromatic heterocycles. The highest BCUT2D eigenvalue weighted by Crippen LogP contribution is 2.42. The highest BCUT2D eigenvalue weighted by atomic mass is 35.5. The van der Waals surface area contributed by atoms with Crippen molar-refractivity contribution in [2.45, 2.75) is 85.9 Å². The standard InChI is InChI=1S/C19H21N3O2S.C18H20N2O2.C14H13N3S.C13H12N2.CH2Cl2.CH4/c1-19(2,3)24-18(23)22-14-5-7-16-12(10-14)8-11-9-13(21-17(20)25)4-6-15(11)16;1-18(2,3)22-17(21)20-14-5-7-16-12(10-14)8-11-9-13(19)4-6-15(11)16;15-10-1-3-12-8(6-10)5-9-7-11(17-14(16)18)2-4-13(9)12;14-10-1-3-12-8(6-10)5-9-7-11(15)2-4-13(9)12;2-1-3;/h4-7,9-10H,8H2,1-3H3,(H,22,23)(H3,20,21,25);4-7,9-10H,8,19H2,1-3H3,(H,20,21);1-4,6-7H,5,15H2,(H3,16,17,18);1-4,6-7H,5,14-15H2;1H2;1H4. The van der Waals surface area contributed by atoms with Crippen LogP contribution in [0.4, 0.5) is 55.1 Å². The third-order valence-corrected chi connectivity index (χ3v) is 13.7. The van der Waals surface area contributed by atoms with Gasteiger partial charge in [-0.1, -0.05) is 56.0 Å². The zero-order valence-corrected chi connectivity index (χ0v) is 50.2. The first kappa shape index (κ1) is 63.0. The summed E-state index contributed by atoms with van der Waals surface area (Å²) >= 11 is 19.3. The Balaban J connectivity index is 0.000000160. The Morgan fingerprint density at radius 2 is 0.583 bits per heavy atom. The van der Waals surface area contributed by atoms with Gasteiger partial charge in [0.15, 0.2) is 10.2 Å². The molecule has 16 N–H and O–H groups in total. The van der Waals surface area contributed by atoms with Crippen LogP contribution in [0, 0.1) is 0 Å². The van der Waals surface area contributed by atoms with Gasteiger partial charge in [-0.15, -0.1) is 23.2 Å². The number of fused-ring (bicyclic) bond motifs is 12. The van der Waals surface area contributed by atoms with Crippen molar-refractivity contribution in [3.63, 3.8) is 0 Å². The highest BCUT2D eigenvalue weighted by molar-refractivity contribution is 7.80. The molecule has 8 aromatic rings. The summed E-state index contributed by atoms with van der Waals surface area (Å²) < 4.78 is 10.6. The number of hydrogen-bond acceptors (Lipinski definition) is 10. The minimum atomic E-state index is -0.524. The van der Waals surface area contributed by atoms with Gasteiger partial charge in [-0.05, 0) is 278 Å². The van der Waals surface area contributed by atoms with Crippen LogP contribution in [0.25, 0.3) is 44.5 Å². The van der Waals surface area contributed by atoms with E-state index in [-0.39, 0.29) is 23.0 Å². The fourth-order valence-electron chi connectivity index (χ4n) is 10.4. The van der Waals surface area contributed by atoms with Crippen molar-refractivity contribution in [3.05, 3.63) is 190 Å². The van der Waals surface area contributed by atoms with Gasteiger partial charge in [-0.25, -0.2) is 9.59 Å². The lowest BCUT2D eigenvalue weighted by atomic mass is 10.1. The van der Waals surface area contributed by atoms with E-state index < -0.39 is 23.4 Å². The van der Waals surface area contributed by atoms with Gasteiger partial charge in [0.25, 0.3) is 0 Å². The summed E-state index contributed by atoms with van der Waals surface area (Å²) in [7, 11) is 0. The van der Waals surface area contributed by atoms with E-state index in [1.807, 2.05) is 139 Å². The van der Waals surface area contributed by atoms with E-state index in [2.05, 4.69) is 69.8 Å². The van der Waals surface area contributed by atoms with Crippen molar-refractivity contribution < 1.29 is 19.1 Å². The Morgan fingerprint density at radius 1 is 0.393 bits per heavy atom. The Labute approximate surface area is 513 Å². The topological polar surface area (TPSA) is 257 Å². The van der Waals surface area contributed by atoms with Crippen LogP contribution in [0.3, 0.4) is 0 Å². The fourth-order valence-corrected chi connectivity index (χ4v) is 10.6. The monoisotopic (exact) mass is 1200 g/mol. The van der Waals surface area contributed by atoms with Gasteiger partial charge in [-0.3, -0.25) is 10.6 Å². The van der Waals surface area contributed by atoms with Crippen molar-refractivity contribution >= 4 is 116 Å². The number of alkyl halides is 2. The molecule has 0 saturated heterocycles. The Hall–Kier alpha value is -8.54. The largest absolute Gasteiger partial charge is 0.444 e. The molecule has 0 radical (unpaired) electrons. The smallest absolute Gasteiger partial charge is 0.412 e. The van der Waals surface area contributed by atoms with Gasteiger partial charge in [0, 0.05) is 45.5 Å². The third kappa shape index (κ3) is 16.4. The van der Waals surface area contributed by atoms with E-state index in [1.165, 1.54) is 83.5 Å². The average molecular weight is 1200 g/mol. The molecule has 0 fully saturated rings. The number of rotatable bonds is 4. The second-order valence-electron chi connectivity index (χ2n) is 22.2. The summed E-state index contributed by atoms with van der Waals surface area (Å²) in [5.74, 6) is 0. The van der Waals surface area contributed by atoms with Crippen LogP contribution in [0.2, 0.25) is 0 Å². The van der Waals surface area contributed by atoms with Gasteiger partial charge < -0.3 is 54.5 Å². The van der Waals surface area contributed by atoms with Crippen molar-refractivity contribution in [2.24, 2.45) is 11.5 Å². The number of nitrogens with one attached hydrogen (secondary N) is 4. The maximum atomic E-state index is 11.9. The van der Waals surface area contributed by atoms with Crippen LogP contribution in [0.15, 0.2) is 146 Å². The summed E-state index contributed by atoms with van der Waals surface area (Å²) in [6.07, 6.45) is 2.59. The molecule has 4 aliphatic rings. The van der Waals surface area contributed by atoms with Crippen LogP contribution >= 0.6 is 47.6 Å². The summed E-state index contributed by atoms with van der Waals surface area (Å²) in [5, 5.41) is 12.2. The Bertz CT molecular complexity index is 3750. The van der Waals surface area contributed by atoms with Gasteiger partial charge in [-0.2, -0.15) is 0 Å². The predicted molar refractivity (Wildman–Crippen MR) is 360 cm³/mol. The average Bonchev–Trinajstić information content (AvgIpc) is 2.18. The number of nitrogen functional groups attached to an aromatic ring is 4. The molecule has 0 heterocycles. The van der Waals surface area contributed by atoms with E-state index in [1.54, 1.807) is 0 Å². The Kier molecular flexibility index (Phi) is 20.1. The lowest BCUT2D eigenvalue weighted by molar-refractivity contribution is 0.0624. The van der Waals surface area contributed by atoms with Crippen molar-refractivity contribution in [1.82, 2.24) is 0 Å². The molecule has 8 aromatic carbocycles. The summed E-state index contributed by atoms with van der Waals surface area (Å²) in [4.78, 5) is 23.8. The molecule has 0 saturated carbocycles. The number of benzene rings is 8. The lowest BCUT2D eigenvalue weighted by Gasteiger charge is -2.19. The molecule has 18 heteroatoms. The molecule has 4 aliphatic carbocycles. The van der Waals surface area contributed by atoms with E-state index in [0.717, 1.165) is 76.7 Å².